The molecular formula is C24H30O6. The van der Waals surface area contributed by atoms with Gasteiger partial charge >= 0.3 is 5.97 Å². The van der Waals surface area contributed by atoms with E-state index in [2.05, 4.69) is 13.5 Å². The molecule has 0 saturated heterocycles. The summed E-state index contributed by atoms with van der Waals surface area (Å²) in [5.41, 5.74) is -1.20. The highest BCUT2D eigenvalue weighted by Crippen LogP contribution is 2.67. The van der Waals surface area contributed by atoms with E-state index in [4.69, 9.17) is 4.74 Å². The average molecular weight is 414 g/mol. The van der Waals surface area contributed by atoms with Crippen molar-refractivity contribution < 1.29 is 29.0 Å². The van der Waals surface area contributed by atoms with Gasteiger partial charge in [-0.25, -0.2) is 0 Å². The first kappa shape index (κ1) is 21.2. The average Bonchev–Trinajstić information content (AvgIpc) is 2.93. The molecule has 6 nitrogen and oxygen atoms in total. The van der Waals surface area contributed by atoms with Crippen molar-refractivity contribution in [1.29, 1.82) is 0 Å². The molecule has 0 aliphatic heterocycles. The van der Waals surface area contributed by atoms with E-state index < -0.39 is 34.8 Å². The summed E-state index contributed by atoms with van der Waals surface area (Å²) in [4.78, 5) is 49.6. The third kappa shape index (κ3) is 2.72. The maximum absolute atomic E-state index is 13.6. The first-order valence-corrected chi connectivity index (χ1v) is 10.8. The van der Waals surface area contributed by atoms with E-state index in [0.717, 1.165) is 11.1 Å². The van der Waals surface area contributed by atoms with Gasteiger partial charge in [0, 0.05) is 36.5 Å². The summed E-state index contributed by atoms with van der Waals surface area (Å²) >= 11 is 0. The number of aliphatic hydroxyl groups is 1. The van der Waals surface area contributed by atoms with Crippen LogP contribution in [0.5, 0.6) is 0 Å². The topological polar surface area (TPSA) is 97.7 Å². The molecule has 30 heavy (non-hydrogen) atoms. The highest BCUT2D eigenvalue weighted by atomic mass is 16.5. The molecule has 0 aromatic rings. The molecule has 0 spiro atoms. The SMILES string of the molecule is C=C1CC2C(C(=O)C[C@@]3(C)C2CC[C@]3(O)C(=O)COC(C)=O)[C@@]2(C)CCC(=O)C=C12. The lowest BCUT2D eigenvalue weighted by atomic mass is 9.45. The largest absolute Gasteiger partial charge is 0.458 e. The molecule has 0 amide bonds. The molecule has 3 unspecified atom stereocenters. The first-order chi connectivity index (χ1) is 13.9. The van der Waals surface area contributed by atoms with Crippen molar-refractivity contribution in [2.75, 3.05) is 6.61 Å². The Kier molecular flexibility index (Phi) is 4.73. The van der Waals surface area contributed by atoms with Crippen LogP contribution in [0.3, 0.4) is 0 Å². The van der Waals surface area contributed by atoms with Crippen LogP contribution in [0.15, 0.2) is 23.8 Å². The smallest absolute Gasteiger partial charge is 0.303 e. The molecule has 4 aliphatic rings. The number of allylic oxidation sites excluding steroid dienone is 2. The normalized spacial score (nSPS) is 42.7. The third-order valence-corrected chi connectivity index (χ3v) is 8.64. The van der Waals surface area contributed by atoms with Crippen LogP contribution in [-0.2, 0) is 23.9 Å². The summed E-state index contributed by atoms with van der Waals surface area (Å²) in [6.45, 7) is 8.89. The van der Waals surface area contributed by atoms with Crippen LogP contribution in [0, 0.1) is 28.6 Å². The van der Waals surface area contributed by atoms with Crippen molar-refractivity contribution in [3.8, 4) is 0 Å². The van der Waals surface area contributed by atoms with Gasteiger partial charge in [0.25, 0.3) is 0 Å². The zero-order chi connectivity index (χ0) is 22.1. The van der Waals surface area contributed by atoms with Gasteiger partial charge in [0.15, 0.2) is 12.4 Å². The molecule has 3 saturated carbocycles. The van der Waals surface area contributed by atoms with Crippen LogP contribution >= 0.6 is 0 Å². The molecule has 6 atom stereocenters. The summed E-state index contributed by atoms with van der Waals surface area (Å²) in [6, 6.07) is 0. The number of Topliss-reactive ketones (excluding diaryl/α,β-unsaturated/α-hetero) is 2. The van der Waals surface area contributed by atoms with E-state index in [0.29, 0.717) is 25.7 Å². The van der Waals surface area contributed by atoms with E-state index >= 15 is 0 Å². The van der Waals surface area contributed by atoms with E-state index in [-0.39, 0.29) is 42.2 Å². The minimum Gasteiger partial charge on any atom is -0.458 e. The van der Waals surface area contributed by atoms with Crippen LogP contribution in [0.2, 0.25) is 0 Å². The maximum atomic E-state index is 13.6. The van der Waals surface area contributed by atoms with E-state index in [1.165, 1.54) is 6.92 Å². The van der Waals surface area contributed by atoms with Crippen LogP contribution in [-0.4, -0.2) is 40.6 Å². The van der Waals surface area contributed by atoms with Crippen LogP contribution in [0.25, 0.3) is 0 Å². The quantitative estimate of drug-likeness (QED) is 0.713. The van der Waals surface area contributed by atoms with Crippen molar-refractivity contribution in [2.24, 2.45) is 28.6 Å². The van der Waals surface area contributed by atoms with Gasteiger partial charge in [-0.15, -0.1) is 0 Å². The van der Waals surface area contributed by atoms with Crippen molar-refractivity contribution in [3.05, 3.63) is 23.8 Å². The standard InChI is InChI=1S/C24H30O6/c1-13-9-16-17-6-8-24(29,20(28)12-30-14(2)25)23(17,4)11-19(27)21(16)22(3)7-5-15(26)10-18(13)22/h10,16-17,21,29H,1,5-9,11-12H2,2-4H3/t16?,17?,21?,22-,23-,24-/m0/s1. The Morgan fingerprint density at radius 1 is 1.27 bits per heavy atom. The Balaban J connectivity index is 1.71. The molecule has 6 heteroatoms. The first-order valence-electron chi connectivity index (χ1n) is 10.8. The van der Waals surface area contributed by atoms with Gasteiger partial charge in [-0.3, -0.25) is 19.2 Å². The van der Waals surface area contributed by atoms with Crippen LogP contribution < -0.4 is 0 Å². The van der Waals surface area contributed by atoms with Crippen LogP contribution in [0.1, 0.15) is 59.3 Å². The number of ketones is 3. The molecule has 3 fully saturated rings. The fourth-order valence-electron chi connectivity index (χ4n) is 7.15. The Morgan fingerprint density at radius 2 is 1.97 bits per heavy atom. The van der Waals surface area contributed by atoms with Crippen molar-refractivity contribution in [3.63, 3.8) is 0 Å². The number of rotatable bonds is 3. The molecule has 0 aromatic heterocycles. The Bertz CT molecular complexity index is 899. The van der Waals surface area contributed by atoms with Crippen molar-refractivity contribution >= 4 is 23.3 Å². The van der Waals surface area contributed by atoms with Gasteiger partial charge in [0.1, 0.15) is 11.4 Å². The highest BCUT2D eigenvalue weighted by Gasteiger charge is 2.68. The zero-order valence-electron chi connectivity index (χ0n) is 18.0. The monoisotopic (exact) mass is 414 g/mol. The molecule has 4 aliphatic carbocycles. The van der Waals surface area contributed by atoms with Gasteiger partial charge < -0.3 is 9.84 Å². The number of carbonyl (C=O) groups excluding carboxylic acids is 4. The zero-order valence-corrected chi connectivity index (χ0v) is 18.0. The van der Waals surface area contributed by atoms with Crippen LogP contribution in [0.4, 0.5) is 0 Å². The molecule has 0 heterocycles. The Hall–Kier alpha value is -2.08. The molecule has 4 rings (SSSR count). The lowest BCUT2D eigenvalue weighted by Crippen LogP contribution is -2.61. The predicted molar refractivity (Wildman–Crippen MR) is 108 cm³/mol. The summed E-state index contributed by atoms with van der Waals surface area (Å²) < 4.78 is 4.87. The second-order valence-corrected chi connectivity index (χ2v) is 10.2. The molecule has 1 N–H and O–H groups in total. The highest BCUT2D eigenvalue weighted by molar-refractivity contribution is 5.95. The summed E-state index contributed by atoms with van der Waals surface area (Å²) in [6.07, 6.45) is 4.34. The predicted octanol–water partition coefficient (Wildman–Crippen LogP) is 2.73. The van der Waals surface area contributed by atoms with Gasteiger partial charge in [-0.1, -0.05) is 26.0 Å². The minimum atomic E-state index is -1.69. The third-order valence-electron chi connectivity index (χ3n) is 8.64. The number of hydrogen-bond donors (Lipinski definition) is 1. The van der Waals surface area contributed by atoms with E-state index in [1.54, 1.807) is 6.08 Å². The molecule has 0 radical (unpaired) electrons. The fourth-order valence-corrected chi connectivity index (χ4v) is 7.15. The molecule has 0 bridgehead atoms. The van der Waals surface area contributed by atoms with E-state index in [9.17, 15) is 24.3 Å². The van der Waals surface area contributed by atoms with Gasteiger partial charge in [0.2, 0.25) is 5.78 Å². The number of esters is 1. The van der Waals surface area contributed by atoms with Gasteiger partial charge in [-0.05, 0) is 49.2 Å². The summed E-state index contributed by atoms with van der Waals surface area (Å²) in [7, 11) is 0. The number of carbonyl (C=O) groups is 4. The lowest BCUT2D eigenvalue weighted by molar-refractivity contribution is -0.172. The van der Waals surface area contributed by atoms with Crippen molar-refractivity contribution in [1.82, 2.24) is 0 Å². The maximum Gasteiger partial charge on any atom is 0.303 e. The molecular weight excluding hydrogens is 384 g/mol. The molecule has 0 aromatic carbocycles. The lowest BCUT2D eigenvalue weighted by Gasteiger charge is -2.58. The summed E-state index contributed by atoms with van der Waals surface area (Å²) in [5.74, 6) is -1.23. The fraction of sp³-hybridized carbons (Fsp3) is 0.667. The van der Waals surface area contributed by atoms with Crippen molar-refractivity contribution in [2.45, 2.75) is 64.9 Å². The number of ether oxygens (including phenoxy) is 1. The van der Waals surface area contributed by atoms with E-state index in [1.807, 2.05) is 6.92 Å². The number of hydrogen-bond acceptors (Lipinski definition) is 6. The van der Waals surface area contributed by atoms with Gasteiger partial charge in [0.05, 0.1) is 0 Å². The number of fused-ring (bicyclic) bond motifs is 5. The molecule has 162 valence electrons. The Morgan fingerprint density at radius 3 is 2.63 bits per heavy atom. The minimum absolute atomic E-state index is 0.0146. The second-order valence-electron chi connectivity index (χ2n) is 10.2. The second kappa shape index (κ2) is 6.71. The summed E-state index contributed by atoms with van der Waals surface area (Å²) in [5, 5.41) is 11.5. The Labute approximate surface area is 176 Å². The van der Waals surface area contributed by atoms with Gasteiger partial charge in [-0.2, -0.15) is 0 Å².